The Morgan fingerprint density at radius 3 is 1.18 bits per heavy atom. The molecule has 3 rings (SSSR count). The molecule has 0 atom stereocenters. The van der Waals surface area contributed by atoms with Gasteiger partial charge in [-0.2, -0.15) is 0 Å². The summed E-state index contributed by atoms with van der Waals surface area (Å²) in [5.74, 6) is 0. The zero-order valence-corrected chi connectivity index (χ0v) is 34.5. The minimum Gasteiger partial charge on any atom is -0.457 e. The lowest BCUT2D eigenvalue weighted by molar-refractivity contribution is 0.151. The van der Waals surface area contributed by atoms with Gasteiger partial charge in [-0.05, 0) is 61.6 Å². The molecule has 0 saturated carbocycles. The minimum absolute atomic E-state index is 0.0161. The average Bonchev–Trinajstić information content (AvgIpc) is 3.14. The highest BCUT2D eigenvalue weighted by molar-refractivity contribution is 6.61. The lowest BCUT2D eigenvalue weighted by atomic mass is 10.3. The van der Waals surface area contributed by atoms with Crippen LogP contribution in [0.5, 0.6) is 0 Å². The first kappa shape index (κ1) is 51.2. The van der Waals surface area contributed by atoms with E-state index in [1.807, 2.05) is 0 Å². The van der Waals surface area contributed by atoms with Gasteiger partial charge in [-0.15, -0.1) is 0 Å². The molecule has 0 spiro atoms. The Hall–Kier alpha value is -3.84. The number of nitrogens with two attached hydrogens (primary N) is 1. The molecule has 0 aromatic heterocycles. The van der Waals surface area contributed by atoms with Crippen LogP contribution in [0.25, 0.3) is 0 Å². The van der Waals surface area contributed by atoms with Crippen molar-refractivity contribution in [2.75, 3.05) is 76.7 Å². The van der Waals surface area contributed by atoms with E-state index in [9.17, 15) is 24.0 Å². The molecule has 3 aromatic carbocycles. The number of carbonyl (C=O) groups excluding carboxylic acids is 5. The number of anilines is 3. The molecule has 16 nitrogen and oxygen atoms in total. The van der Waals surface area contributed by atoms with Crippen molar-refractivity contribution < 1.29 is 47.7 Å². The largest absolute Gasteiger partial charge is 0.457 e. The number of alkyl carbamates (subject to hydrolysis) is 1. The second-order valence-electron chi connectivity index (χ2n) is 9.42. The molecule has 0 aliphatic carbocycles. The first-order valence-electron chi connectivity index (χ1n) is 15.1. The number of hydrogen-bond acceptors (Lipinski definition) is 12. The van der Waals surface area contributed by atoms with Crippen molar-refractivity contribution in [3.63, 3.8) is 0 Å². The molecule has 0 aliphatic rings. The Kier molecular flexibility index (Phi) is 28.3. The van der Waals surface area contributed by atoms with E-state index in [1.54, 1.807) is 49.5 Å². The number of rotatable bonds is 11. The van der Waals surface area contributed by atoms with Gasteiger partial charge >= 0.3 is 29.8 Å². The summed E-state index contributed by atoms with van der Waals surface area (Å²) in [5.41, 5.74) is 5.92. The van der Waals surface area contributed by atoms with E-state index in [-0.39, 0.29) is 26.3 Å². The normalized spacial score (nSPS) is 9.51. The SMILES string of the molecule is CNCCOC(=O)Nc1ccc(Cl)c(Cl)c1.COC(=O)Cl.COC(=O)NCCOC(=O)Nc1ccc(Cl)c(Cl)c1.NCCOC(=O)Nc1ccc(Cl)c(Cl)c1. The first-order valence-corrected chi connectivity index (χ1v) is 17.8. The zero-order valence-electron chi connectivity index (χ0n) is 29.2. The van der Waals surface area contributed by atoms with Crippen LogP contribution in [-0.4, -0.2) is 90.5 Å². The van der Waals surface area contributed by atoms with Crippen molar-refractivity contribution in [1.82, 2.24) is 10.6 Å². The fraction of sp³-hybridized carbons (Fsp3) is 0.281. The van der Waals surface area contributed by atoms with E-state index in [1.165, 1.54) is 26.4 Å². The molecule has 55 heavy (non-hydrogen) atoms. The van der Waals surface area contributed by atoms with Crippen LogP contribution in [0.3, 0.4) is 0 Å². The van der Waals surface area contributed by atoms with Crippen LogP contribution in [0.2, 0.25) is 30.1 Å². The second-order valence-corrected chi connectivity index (χ2v) is 12.2. The zero-order chi connectivity index (χ0) is 41.8. The Balaban J connectivity index is 0.000000752. The predicted molar refractivity (Wildman–Crippen MR) is 216 cm³/mol. The van der Waals surface area contributed by atoms with Crippen molar-refractivity contribution in [3.8, 4) is 0 Å². The molecule has 3 aromatic rings. The summed E-state index contributed by atoms with van der Waals surface area (Å²) >= 11 is 39.1. The standard InChI is InChI=1S/C11H12Cl2N2O4.C10H12Cl2N2O2.C9H10Cl2N2O2.C2H3ClO2/c1-18-10(16)14-4-5-19-11(17)15-7-2-3-8(12)9(13)6-7;1-13-4-5-16-10(15)14-7-2-3-8(11)9(12)6-7;10-7-2-1-6(5-8(7)11)13-9(14)15-4-3-12;1-5-2(3)4/h2-3,6H,4-5H2,1H3,(H,14,16)(H,15,17);2-3,6,13H,4-5H2,1H3,(H,14,15);1-2,5H,3-4,12H2,(H,13,14);1H3. The lowest BCUT2D eigenvalue weighted by Gasteiger charge is -2.08. The van der Waals surface area contributed by atoms with Crippen LogP contribution in [0, 0.1) is 0 Å². The van der Waals surface area contributed by atoms with Crippen molar-refractivity contribution in [2.24, 2.45) is 5.73 Å². The van der Waals surface area contributed by atoms with Crippen LogP contribution < -0.4 is 32.3 Å². The number of amides is 4. The number of benzene rings is 3. The number of ether oxygens (including phenoxy) is 5. The molecule has 0 fully saturated rings. The second kappa shape index (κ2) is 30.4. The van der Waals surface area contributed by atoms with Crippen LogP contribution in [0.1, 0.15) is 0 Å². The van der Waals surface area contributed by atoms with Gasteiger partial charge in [-0.1, -0.05) is 69.6 Å². The molecule has 0 aliphatic heterocycles. The number of methoxy groups -OCH3 is 2. The van der Waals surface area contributed by atoms with E-state index in [2.05, 4.69) is 47.7 Å². The maximum atomic E-state index is 11.4. The Morgan fingerprint density at radius 2 is 0.891 bits per heavy atom. The third-order valence-electron chi connectivity index (χ3n) is 5.38. The first-order chi connectivity index (χ1) is 26.1. The van der Waals surface area contributed by atoms with Gasteiger partial charge < -0.3 is 40.1 Å². The summed E-state index contributed by atoms with van der Waals surface area (Å²) < 4.78 is 22.6. The van der Waals surface area contributed by atoms with Crippen molar-refractivity contribution >= 4 is 128 Å². The van der Waals surface area contributed by atoms with Gasteiger partial charge in [-0.3, -0.25) is 16.0 Å². The molecule has 23 heteroatoms. The molecular weight excluding hydrogens is 877 g/mol. The quantitative estimate of drug-likeness (QED) is 0.0603. The van der Waals surface area contributed by atoms with Crippen LogP contribution in [0.4, 0.5) is 41.0 Å². The van der Waals surface area contributed by atoms with Gasteiger partial charge in [0.05, 0.1) is 50.9 Å². The van der Waals surface area contributed by atoms with Crippen LogP contribution in [-0.2, 0) is 23.7 Å². The number of halogens is 7. The smallest absolute Gasteiger partial charge is 0.411 e. The maximum absolute atomic E-state index is 11.4. The highest BCUT2D eigenvalue weighted by Gasteiger charge is 2.07. The maximum Gasteiger partial charge on any atom is 0.411 e. The third kappa shape index (κ3) is 25.8. The van der Waals surface area contributed by atoms with Gasteiger partial charge in [-0.25, -0.2) is 24.0 Å². The molecular formula is C32H37Cl7N6O10. The van der Waals surface area contributed by atoms with Gasteiger partial charge in [0.25, 0.3) is 0 Å². The molecule has 0 unspecified atom stereocenters. The van der Waals surface area contributed by atoms with E-state index in [0.717, 1.165) is 0 Å². The van der Waals surface area contributed by atoms with E-state index in [0.29, 0.717) is 60.3 Å². The van der Waals surface area contributed by atoms with Gasteiger partial charge in [0.15, 0.2) is 0 Å². The van der Waals surface area contributed by atoms with E-state index in [4.69, 9.17) is 89.5 Å². The molecule has 0 saturated heterocycles. The fourth-order valence-corrected chi connectivity index (χ4v) is 3.84. The monoisotopic (exact) mass is 910 g/mol. The molecule has 0 radical (unpaired) electrons. The highest BCUT2D eigenvalue weighted by atomic mass is 35.5. The summed E-state index contributed by atoms with van der Waals surface area (Å²) in [7, 11) is 4.24. The number of carbonyl (C=O) groups is 5. The predicted octanol–water partition coefficient (Wildman–Crippen LogP) is 9.15. The number of nitrogens with one attached hydrogen (secondary N) is 5. The third-order valence-corrected chi connectivity index (χ3v) is 7.76. The number of hydrogen-bond donors (Lipinski definition) is 6. The summed E-state index contributed by atoms with van der Waals surface area (Å²) in [6.45, 7) is 1.55. The molecule has 0 heterocycles. The Bertz CT molecular complexity index is 1680. The lowest BCUT2D eigenvalue weighted by Crippen LogP contribution is -2.28. The summed E-state index contributed by atoms with van der Waals surface area (Å²) in [5, 5.41) is 15.0. The minimum atomic E-state index is -0.773. The Labute approximate surface area is 351 Å². The van der Waals surface area contributed by atoms with Crippen molar-refractivity contribution in [2.45, 2.75) is 0 Å². The molecule has 4 amide bonds. The van der Waals surface area contributed by atoms with Crippen molar-refractivity contribution in [3.05, 3.63) is 84.7 Å². The highest BCUT2D eigenvalue weighted by Crippen LogP contribution is 2.26. The van der Waals surface area contributed by atoms with Gasteiger partial charge in [0.2, 0.25) is 0 Å². The van der Waals surface area contributed by atoms with E-state index >= 15 is 0 Å². The van der Waals surface area contributed by atoms with Crippen LogP contribution in [0.15, 0.2) is 54.6 Å². The molecule has 304 valence electrons. The van der Waals surface area contributed by atoms with Crippen molar-refractivity contribution in [1.29, 1.82) is 0 Å². The average molecular weight is 914 g/mol. The summed E-state index contributed by atoms with van der Waals surface area (Å²) in [6.07, 6.45) is -2.34. The fourth-order valence-electron chi connectivity index (χ4n) is 2.95. The summed E-state index contributed by atoms with van der Waals surface area (Å²) in [4.78, 5) is 53.8. The summed E-state index contributed by atoms with van der Waals surface area (Å²) in [6, 6.07) is 14.2. The molecule has 7 N–H and O–H groups in total. The van der Waals surface area contributed by atoms with Gasteiger partial charge in [0.1, 0.15) is 19.8 Å². The van der Waals surface area contributed by atoms with Crippen LogP contribution >= 0.6 is 81.2 Å². The number of likely N-dealkylation sites (N-methyl/N-ethyl adjacent to an activating group) is 1. The van der Waals surface area contributed by atoms with Gasteiger partial charge in [0, 0.05) is 41.8 Å². The molecule has 0 bridgehead atoms. The topological polar surface area (TPSA) is 218 Å². The van der Waals surface area contributed by atoms with E-state index < -0.39 is 29.8 Å². The Morgan fingerprint density at radius 1 is 0.545 bits per heavy atom.